The largest absolute Gasteiger partial charge is 0.341 e. The van der Waals surface area contributed by atoms with Crippen molar-refractivity contribution in [1.82, 2.24) is 25.1 Å². The number of rotatable bonds is 5. The normalized spacial score (nSPS) is 13.0. The number of fused-ring (bicyclic) bond motifs is 3. The van der Waals surface area contributed by atoms with Crippen molar-refractivity contribution in [2.24, 2.45) is 0 Å². The van der Waals surface area contributed by atoms with Gasteiger partial charge in [0.15, 0.2) is 5.13 Å². The molecule has 0 spiro atoms. The predicted molar refractivity (Wildman–Crippen MR) is 121 cm³/mol. The van der Waals surface area contributed by atoms with E-state index in [9.17, 15) is 4.79 Å². The monoisotopic (exact) mass is 424 g/mol. The molecule has 0 saturated carbocycles. The Hall–Kier alpha value is -2.74. The maximum absolute atomic E-state index is 11.8. The second-order valence-electron chi connectivity index (χ2n) is 7.85. The highest BCUT2D eigenvalue weighted by atomic mass is 32.1. The lowest BCUT2D eigenvalue weighted by molar-refractivity contribution is 0.254. The molecule has 0 aromatic carbocycles. The second-order valence-corrected chi connectivity index (χ2v) is 8.85. The molecule has 30 heavy (non-hydrogen) atoms. The molecule has 0 saturated heterocycles. The molecule has 4 rings (SSSR count). The molecule has 2 amide bonds. The molecule has 0 radical (unpaired) electrons. The number of nitrogens with zero attached hydrogens (tertiary/aromatic N) is 4. The van der Waals surface area contributed by atoms with Crippen molar-refractivity contribution in [3.63, 3.8) is 0 Å². The Balaban J connectivity index is 1.82. The van der Waals surface area contributed by atoms with Crippen molar-refractivity contribution in [2.45, 2.75) is 58.9 Å². The second kappa shape index (κ2) is 8.55. The summed E-state index contributed by atoms with van der Waals surface area (Å²) in [5, 5.41) is 11.1. The van der Waals surface area contributed by atoms with Gasteiger partial charge >= 0.3 is 6.03 Å². The van der Waals surface area contributed by atoms with Gasteiger partial charge in [0.1, 0.15) is 0 Å². The Morgan fingerprint density at radius 3 is 2.80 bits per heavy atom. The Morgan fingerprint density at radius 1 is 1.30 bits per heavy atom. The molecule has 0 unspecified atom stereocenters. The van der Waals surface area contributed by atoms with E-state index in [1.54, 1.807) is 7.05 Å². The van der Waals surface area contributed by atoms with E-state index < -0.39 is 0 Å². The molecule has 3 aromatic rings. The van der Waals surface area contributed by atoms with Gasteiger partial charge in [-0.1, -0.05) is 24.7 Å². The number of amides is 2. The molecule has 8 heteroatoms. The number of nitrogens with one attached hydrogen (secondary N) is 2. The van der Waals surface area contributed by atoms with Crippen LogP contribution in [-0.2, 0) is 19.3 Å². The first-order valence-electron chi connectivity index (χ1n) is 10.6. The fraction of sp³-hybridized carbons (Fsp3) is 0.455. The van der Waals surface area contributed by atoms with Gasteiger partial charge < -0.3 is 5.32 Å². The third kappa shape index (κ3) is 3.84. The minimum absolute atomic E-state index is 0.211. The maximum Gasteiger partial charge on any atom is 0.320 e. The van der Waals surface area contributed by atoms with Crippen LogP contribution in [0.15, 0.2) is 18.3 Å². The predicted octanol–water partition coefficient (Wildman–Crippen LogP) is 4.84. The van der Waals surface area contributed by atoms with Gasteiger partial charge in [0, 0.05) is 36.1 Å². The zero-order valence-electron chi connectivity index (χ0n) is 18.0. The summed E-state index contributed by atoms with van der Waals surface area (Å²) in [6.45, 7) is 6.46. The van der Waals surface area contributed by atoms with Crippen LogP contribution in [0.4, 0.5) is 9.93 Å². The minimum atomic E-state index is -0.254. The Morgan fingerprint density at radius 2 is 2.13 bits per heavy atom. The molecule has 0 bridgehead atoms. The number of aromatic nitrogens is 4. The number of hydrogen-bond acceptors (Lipinski definition) is 5. The molecule has 0 fully saturated rings. The average molecular weight is 425 g/mol. The Bertz CT molecular complexity index is 1050. The van der Waals surface area contributed by atoms with E-state index in [0.717, 1.165) is 65.3 Å². The molecule has 3 heterocycles. The van der Waals surface area contributed by atoms with E-state index in [4.69, 9.17) is 10.1 Å². The third-order valence-corrected chi connectivity index (χ3v) is 6.32. The van der Waals surface area contributed by atoms with E-state index >= 15 is 0 Å². The number of pyridine rings is 1. The summed E-state index contributed by atoms with van der Waals surface area (Å²) < 4.78 is 2.11. The first-order chi connectivity index (χ1) is 14.5. The van der Waals surface area contributed by atoms with E-state index in [-0.39, 0.29) is 12.1 Å². The van der Waals surface area contributed by atoms with Crippen LogP contribution >= 0.6 is 11.3 Å². The number of anilines is 1. The highest BCUT2D eigenvalue weighted by Crippen LogP contribution is 2.43. The molecule has 7 nitrogen and oxygen atoms in total. The molecule has 3 aromatic heterocycles. The first kappa shape index (κ1) is 20.5. The van der Waals surface area contributed by atoms with Crippen molar-refractivity contribution in [1.29, 1.82) is 0 Å². The van der Waals surface area contributed by atoms with Crippen molar-refractivity contribution in [2.75, 3.05) is 12.4 Å². The molecule has 0 atom stereocenters. The lowest BCUT2D eigenvalue weighted by Crippen LogP contribution is -2.24. The highest BCUT2D eigenvalue weighted by Gasteiger charge is 2.28. The third-order valence-electron chi connectivity index (χ3n) is 5.30. The van der Waals surface area contributed by atoms with Gasteiger partial charge in [-0.05, 0) is 51.7 Å². The summed E-state index contributed by atoms with van der Waals surface area (Å²) in [6.07, 6.45) is 6.88. The first-order valence-corrected chi connectivity index (χ1v) is 11.4. The summed E-state index contributed by atoms with van der Waals surface area (Å²) in [5.41, 5.74) is 6.61. The van der Waals surface area contributed by atoms with Crippen LogP contribution in [0.3, 0.4) is 0 Å². The number of urea groups is 1. The smallest absolute Gasteiger partial charge is 0.320 e. The van der Waals surface area contributed by atoms with Crippen LogP contribution < -0.4 is 10.6 Å². The van der Waals surface area contributed by atoms with Crippen LogP contribution in [0.25, 0.3) is 21.8 Å². The molecule has 1 aliphatic carbocycles. The zero-order valence-corrected chi connectivity index (χ0v) is 18.8. The maximum atomic E-state index is 11.8. The molecule has 2 N–H and O–H groups in total. The van der Waals surface area contributed by atoms with Crippen molar-refractivity contribution < 1.29 is 4.79 Å². The van der Waals surface area contributed by atoms with Gasteiger partial charge in [-0.15, -0.1) is 0 Å². The summed E-state index contributed by atoms with van der Waals surface area (Å²) in [6, 6.07) is 4.21. The van der Waals surface area contributed by atoms with Crippen LogP contribution in [0.2, 0.25) is 0 Å². The molecule has 1 aliphatic rings. The lowest BCUT2D eigenvalue weighted by Gasteiger charge is -2.10. The summed E-state index contributed by atoms with van der Waals surface area (Å²) >= 11 is 1.52. The topological polar surface area (TPSA) is 84.7 Å². The summed E-state index contributed by atoms with van der Waals surface area (Å²) in [5.74, 6) is 0. The van der Waals surface area contributed by atoms with E-state index in [1.807, 2.05) is 6.20 Å². The highest BCUT2D eigenvalue weighted by molar-refractivity contribution is 7.19. The number of aryl methyl sites for hydroxylation is 2. The van der Waals surface area contributed by atoms with Gasteiger partial charge in [-0.25, -0.2) is 9.78 Å². The van der Waals surface area contributed by atoms with Crippen molar-refractivity contribution >= 4 is 22.5 Å². The van der Waals surface area contributed by atoms with Gasteiger partial charge in [0.25, 0.3) is 0 Å². The van der Waals surface area contributed by atoms with Crippen molar-refractivity contribution in [3.05, 3.63) is 35.3 Å². The van der Waals surface area contributed by atoms with E-state index in [0.29, 0.717) is 5.13 Å². The average Bonchev–Trinajstić information content (AvgIpc) is 3.25. The fourth-order valence-electron chi connectivity index (χ4n) is 3.87. The number of hydrogen-bond donors (Lipinski definition) is 2. The van der Waals surface area contributed by atoms with Crippen molar-refractivity contribution in [3.8, 4) is 21.8 Å². The number of carbonyl (C=O) groups excluding carboxylic acids is 1. The zero-order chi connectivity index (χ0) is 21.3. The number of thiazole rings is 1. The fourth-order valence-corrected chi connectivity index (χ4v) is 4.94. The molecule has 158 valence electrons. The van der Waals surface area contributed by atoms with Crippen LogP contribution in [0.1, 0.15) is 56.6 Å². The quantitative estimate of drug-likeness (QED) is 0.614. The van der Waals surface area contributed by atoms with Gasteiger partial charge in [-0.3, -0.25) is 15.0 Å². The molecule has 0 aliphatic heterocycles. The standard InChI is InChI=1S/C22H28N6OS/c1-5-7-15-11-10-14(12-24-15)18-16-8-6-9-17-20(19(16)28(27-18)13(2)3)30-22(25-17)26-21(29)23-4/h10-13H,5-9H2,1-4H3,(H2,23,25,26,29). The van der Waals surface area contributed by atoms with Crippen LogP contribution in [0.5, 0.6) is 0 Å². The van der Waals surface area contributed by atoms with E-state index in [1.165, 1.54) is 16.9 Å². The molecular weight excluding hydrogens is 396 g/mol. The summed E-state index contributed by atoms with van der Waals surface area (Å²) in [7, 11) is 1.60. The minimum Gasteiger partial charge on any atom is -0.341 e. The van der Waals surface area contributed by atoms with Gasteiger partial charge in [-0.2, -0.15) is 5.10 Å². The Labute approximate surface area is 181 Å². The molecular formula is C22H28N6OS. The van der Waals surface area contributed by atoms with Crippen LogP contribution in [-0.4, -0.2) is 32.8 Å². The number of carbonyl (C=O) groups is 1. The van der Waals surface area contributed by atoms with Crippen LogP contribution in [0, 0.1) is 0 Å². The lowest BCUT2D eigenvalue weighted by atomic mass is 10.0. The SMILES string of the molecule is CCCc1ccc(-c2nn(C(C)C)c3c2CCCc2nc(NC(=O)NC)sc2-3)cn1. The van der Waals surface area contributed by atoms with Gasteiger partial charge in [0.05, 0.1) is 22.0 Å². The van der Waals surface area contributed by atoms with E-state index in [2.05, 4.69) is 53.2 Å². The van der Waals surface area contributed by atoms with Gasteiger partial charge in [0.2, 0.25) is 0 Å². The Kier molecular flexibility index (Phi) is 5.85. The summed E-state index contributed by atoms with van der Waals surface area (Å²) in [4.78, 5) is 22.2.